The van der Waals surface area contributed by atoms with E-state index in [2.05, 4.69) is 18.2 Å². The Morgan fingerprint density at radius 2 is 1.90 bits per heavy atom. The van der Waals surface area contributed by atoms with Crippen LogP contribution in [0, 0.1) is 0 Å². The maximum absolute atomic E-state index is 12.0. The van der Waals surface area contributed by atoms with E-state index in [1.165, 1.54) is 0 Å². The Labute approximate surface area is 122 Å². The van der Waals surface area contributed by atoms with Gasteiger partial charge in [-0.3, -0.25) is 4.79 Å². The maximum Gasteiger partial charge on any atom is 0.159 e. The van der Waals surface area contributed by atoms with Crippen molar-refractivity contribution in [1.29, 1.82) is 0 Å². The molecule has 1 aromatic heterocycles. The summed E-state index contributed by atoms with van der Waals surface area (Å²) in [5.41, 5.74) is 1.93. The minimum absolute atomic E-state index is 0.00708. The van der Waals surface area contributed by atoms with E-state index in [1.807, 2.05) is 36.6 Å². The fourth-order valence-corrected chi connectivity index (χ4v) is 3.63. The number of thiophene rings is 1. The van der Waals surface area contributed by atoms with Gasteiger partial charge in [0, 0.05) is 10.5 Å². The molecule has 1 aliphatic heterocycles. The Balaban J connectivity index is 2.09. The van der Waals surface area contributed by atoms with Gasteiger partial charge >= 0.3 is 0 Å². The molecule has 2 nitrogen and oxygen atoms in total. The number of Topliss-reactive ketones (excluding diaryl/α,β-unsaturated/α-hetero) is 1. The van der Waals surface area contributed by atoms with Gasteiger partial charge in [0.2, 0.25) is 0 Å². The van der Waals surface area contributed by atoms with Crippen LogP contribution in [0.3, 0.4) is 0 Å². The molecule has 0 radical (unpaired) electrons. The number of rotatable bonds is 3. The first-order valence-corrected chi connectivity index (χ1v) is 7.53. The molecule has 1 aliphatic rings. The molecule has 102 valence electrons. The van der Waals surface area contributed by atoms with Gasteiger partial charge in [0.15, 0.2) is 5.78 Å². The molecule has 2 heterocycles. The van der Waals surface area contributed by atoms with Crippen molar-refractivity contribution in [2.24, 2.45) is 0 Å². The van der Waals surface area contributed by atoms with E-state index in [9.17, 15) is 4.79 Å². The van der Waals surface area contributed by atoms with Crippen LogP contribution in [0.2, 0.25) is 0 Å². The molecule has 0 saturated carbocycles. The lowest BCUT2D eigenvalue weighted by Gasteiger charge is -2.20. The van der Waals surface area contributed by atoms with E-state index in [0.717, 1.165) is 21.8 Å². The van der Waals surface area contributed by atoms with Crippen LogP contribution in [0.15, 0.2) is 59.2 Å². The van der Waals surface area contributed by atoms with Crippen LogP contribution in [0.4, 0.5) is 0 Å². The monoisotopic (exact) mass is 284 g/mol. The molecule has 2 atom stereocenters. The van der Waals surface area contributed by atoms with Gasteiger partial charge in [-0.25, -0.2) is 0 Å². The van der Waals surface area contributed by atoms with E-state index in [4.69, 9.17) is 4.74 Å². The fourth-order valence-electron chi connectivity index (χ4n) is 2.84. The predicted molar refractivity (Wildman–Crippen MR) is 80.7 cm³/mol. The average Bonchev–Trinajstić information content (AvgIpc) is 3.06. The Hall–Kier alpha value is -1.87. The molecule has 0 N–H and O–H groups in total. The fraction of sp³-hybridized carbons (Fsp3) is 0.235. The van der Waals surface area contributed by atoms with Crippen LogP contribution < -0.4 is 0 Å². The second-order valence-corrected chi connectivity index (χ2v) is 5.95. The number of hydrogen-bond donors (Lipinski definition) is 0. The summed E-state index contributed by atoms with van der Waals surface area (Å²) in [6.45, 7) is 3.51. The Morgan fingerprint density at radius 3 is 2.50 bits per heavy atom. The average molecular weight is 284 g/mol. The van der Waals surface area contributed by atoms with Gasteiger partial charge in [-0.2, -0.15) is 0 Å². The van der Waals surface area contributed by atoms with Crippen molar-refractivity contribution >= 4 is 17.1 Å². The minimum atomic E-state index is -0.0868. The van der Waals surface area contributed by atoms with Gasteiger partial charge in [0.05, 0.1) is 5.92 Å². The van der Waals surface area contributed by atoms with Crippen LogP contribution in [0.5, 0.6) is 0 Å². The van der Waals surface area contributed by atoms with Gasteiger partial charge in [-0.05, 0) is 30.9 Å². The lowest BCUT2D eigenvalue weighted by molar-refractivity contribution is -0.113. The highest BCUT2D eigenvalue weighted by molar-refractivity contribution is 7.10. The summed E-state index contributed by atoms with van der Waals surface area (Å²) in [6.07, 6.45) is -0.0868. The lowest BCUT2D eigenvalue weighted by Crippen LogP contribution is -2.12. The summed E-state index contributed by atoms with van der Waals surface area (Å²) in [7, 11) is 0. The summed E-state index contributed by atoms with van der Waals surface area (Å²) in [5.74, 6) is 0.840. The molecule has 0 saturated heterocycles. The lowest BCUT2D eigenvalue weighted by atomic mass is 9.85. The van der Waals surface area contributed by atoms with Gasteiger partial charge in [-0.1, -0.05) is 36.4 Å². The predicted octanol–water partition coefficient (Wildman–Crippen LogP) is 4.47. The highest BCUT2D eigenvalue weighted by Crippen LogP contribution is 2.48. The van der Waals surface area contributed by atoms with Crippen molar-refractivity contribution in [3.63, 3.8) is 0 Å². The standard InChI is InChI=1S/C17H16O2S/c1-11(18)15-12(2)19-17(14-9-6-10-20-14)16(15)13-7-4-3-5-8-13/h3-10,16-17H,1-2H3/t16-,17-/m1/s1. The van der Waals surface area contributed by atoms with Crippen LogP contribution in [-0.2, 0) is 9.53 Å². The number of ketones is 1. The van der Waals surface area contributed by atoms with Crippen molar-refractivity contribution in [2.45, 2.75) is 25.9 Å². The molecular formula is C17H16O2S. The third kappa shape index (κ3) is 2.18. The zero-order chi connectivity index (χ0) is 14.1. The van der Waals surface area contributed by atoms with Crippen molar-refractivity contribution in [3.05, 3.63) is 69.6 Å². The molecule has 1 aromatic carbocycles. The SMILES string of the molecule is CC(=O)C1=C(C)O[C@H](c2cccs2)[C@@H]1c1ccccc1. The second kappa shape index (κ2) is 5.25. The third-order valence-electron chi connectivity index (χ3n) is 3.66. The Kier molecular flexibility index (Phi) is 3.45. The molecule has 0 unspecified atom stereocenters. The van der Waals surface area contributed by atoms with Crippen molar-refractivity contribution < 1.29 is 9.53 Å². The zero-order valence-electron chi connectivity index (χ0n) is 11.5. The largest absolute Gasteiger partial charge is 0.488 e. The number of ether oxygens (including phenoxy) is 1. The van der Waals surface area contributed by atoms with Crippen LogP contribution in [0.1, 0.15) is 36.3 Å². The molecule has 0 bridgehead atoms. The van der Waals surface area contributed by atoms with E-state index < -0.39 is 0 Å². The van der Waals surface area contributed by atoms with Crippen molar-refractivity contribution in [3.8, 4) is 0 Å². The highest BCUT2D eigenvalue weighted by atomic mass is 32.1. The van der Waals surface area contributed by atoms with Crippen molar-refractivity contribution in [1.82, 2.24) is 0 Å². The summed E-state index contributed by atoms with van der Waals surface area (Å²) < 4.78 is 6.02. The van der Waals surface area contributed by atoms with E-state index in [0.29, 0.717) is 0 Å². The van der Waals surface area contributed by atoms with Gasteiger partial charge < -0.3 is 4.74 Å². The highest BCUT2D eigenvalue weighted by Gasteiger charge is 2.39. The summed E-state index contributed by atoms with van der Waals surface area (Å²) in [5, 5.41) is 2.04. The first-order valence-electron chi connectivity index (χ1n) is 6.65. The molecule has 0 spiro atoms. The Morgan fingerprint density at radius 1 is 1.15 bits per heavy atom. The van der Waals surface area contributed by atoms with E-state index in [-0.39, 0.29) is 17.8 Å². The normalized spacial score (nSPS) is 21.9. The van der Waals surface area contributed by atoms with Crippen LogP contribution in [0.25, 0.3) is 0 Å². The molecular weight excluding hydrogens is 268 g/mol. The summed E-state index contributed by atoms with van der Waals surface area (Å²) in [4.78, 5) is 13.2. The minimum Gasteiger partial charge on any atom is -0.488 e. The van der Waals surface area contributed by atoms with E-state index in [1.54, 1.807) is 18.3 Å². The Bertz CT molecular complexity index is 641. The summed E-state index contributed by atoms with van der Waals surface area (Å²) in [6, 6.07) is 14.2. The van der Waals surface area contributed by atoms with E-state index >= 15 is 0 Å². The number of carbonyl (C=O) groups excluding carboxylic acids is 1. The number of benzene rings is 1. The first kappa shape index (κ1) is 13.1. The zero-order valence-corrected chi connectivity index (χ0v) is 12.3. The van der Waals surface area contributed by atoms with Gasteiger partial charge in [0.1, 0.15) is 11.9 Å². The molecule has 3 rings (SSSR count). The topological polar surface area (TPSA) is 26.3 Å². The quantitative estimate of drug-likeness (QED) is 0.831. The van der Waals surface area contributed by atoms with Gasteiger partial charge in [0.25, 0.3) is 0 Å². The number of allylic oxidation sites excluding steroid dienone is 1. The molecule has 3 heteroatoms. The molecule has 0 amide bonds. The smallest absolute Gasteiger partial charge is 0.159 e. The third-order valence-corrected chi connectivity index (χ3v) is 4.59. The second-order valence-electron chi connectivity index (χ2n) is 4.97. The van der Waals surface area contributed by atoms with Gasteiger partial charge in [-0.15, -0.1) is 11.3 Å². The number of carbonyl (C=O) groups is 1. The molecule has 2 aromatic rings. The number of hydrogen-bond acceptors (Lipinski definition) is 3. The van der Waals surface area contributed by atoms with Crippen molar-refractivity contribution in [2.75, 3.05) is 0 Å². The van der Waals surface area contributed by atoms with Crippen LogP contribution >= 0.6 is 11.3 Å². The maximum atomic E-state index is 12.0. The summed E-state index contributed by atoms with van der Waals surface area (Å²) >= 11 is 1.67. The van der Waals surface area contributed by atoms with Crippen LogP contribution in [-0.4, -0.2) is 5.78 Å². The molecule has 0 fully saturated rings. The first-order chi connectivity index (χ1) is 9.68. The molecule has 0 aliphatic carbocycles. The molecule has 20 heavy (non-hydrogen) atoms.